The predicted octanol–water partition coefficient (Wildman–Crippen LogP) is 4.45. The van der Waals surface area contributed by atoms with Crippen molar-refractivity contribution in [2.45, 2.75) is 39.9 Å². The molecule has 0 bridgehead atoms. The van der Waals surface area contributed by atoms with Gasteiger partial charge in [-0.25, -0.2) is 0 Å². The Balaban J connectivity index is 1.74. The van der Waals surface area contributed by atoms with Crippen LogP contribution in [0.25, 0.3) is 11.6 Å². The third-order valence-corrected chi connectivity index (χ3v) is 4.14. The number of rotatable bonds is 3. The van der Waals surface area contributed by atoms with Gasteiger partial charge >= 0.3 is 0 Å². The Labute approximate surface area is 127 Å². The molecular formula is C19H24O2. The van der Waals surface area contributed by atoms with Gasteiger partial charge in [0, 0.05) is 6.42 Å². The van der Waals surface area contributed by atoms with Gasteiger partial charge in [0.2, 0.25) is 0 Å². The molecule has 0 N–H and O–H groups in total. The minimum atomic E-state index is -0.0543. The Hall–Kier alpha value is -1.38. The van der Waals surface area contributed by atoms with E-state index in [0.717, 1.165) is 26.1 Å². The fourth-order valence-electron chi connectivity index (χ4n) is 3.28. The molecule has 1 saturated heterocycles. The average Bonchev–Trinajstić information content (AvgIpc) is 2.91. The molecule has 1 aromatic carbocycles. The summed E-state index contributed by atoms with van der Waals surface area (Å²) in [6, 6.07) is 6.78. The van der Waals surface area contributed by atoms with Crippen LogP contribution in [-0.4, -0.2) is 19.5 Å². The highest BCUT2D eigenvalue weighted by Gasteiger charge is 2.23. The first kappa shape index (κ1) is 14.6. The molecule has 2 aliphatic rings. The van der Waals surface area contributed by atoms with Gasteiger partial charge in [-0.05, 0) is 47.1 Å². The fourth-order valence-corrected chi connectivity index (χ4v) is 3.28. The van der Waals surface area contributed by atoms with Crippen molar-refractivity contribution in [3.63, 3.8) is 0 Å². The van der Waals surface area contributed by atoms with E-state index in [1.54, 1.807) is 0 Å². The summed E-state index contributed by atoms with van der Waals surface area (Å²) in [6.45, 7) is 8.26. The van der Waals surface area contributed by atoms with Crippen molar-refractivity contribution in [3.05, 3.63) is 47.0 Å². The van der Waals surface area contributed by atoms with Crippen LogP contribution in [-0.2, 0) is 15.9 Å². The molecule has 0 spiro atoms. The zero-order valence-electron chi connectivity index (χ0n) is 13.2. The standard InChI is InChI=1S/C19H24O2/c1-14-12-19(2,3)13-16-8-7-15(11-17(14)16)5-4-6-18-20-9-10-21-18/h4-5,7-8,11-12,18H,6,9-10,13H2,1-3H3/b5-4-. The van der Waals surface area contributed by atoms with Crippen LogP contribution in [0.1, 0.15) is 43.9 Å². The van der Waals surface area contributed by atoms with E-state index in [1.165, 1.54) is 22.3 Å². The van der Waals surface area contributed by atoms with Crippen LogP contribution in [0, 0.1) is 5.41 Å². The SMILES string of the molecule is CC1=CC(C)(C)Cc2ccc(/C=C\CC3OCCO3)cc21. The lowest BCUT2D eigenvalue weighted by Gasteiger charge is -2.29. The van der Waals surface area contributed by atoms with E-state index in [0.29, 0.717) is 0 Å². The Morgan fingerprint density at radius 2 is 2.00 bits per heavy atom. The highest BCUT2D eigenvalue weighted by atomic mass is 16.7. The molecule has 0 atom stereocenters. The third kappa shape index (κ3) is 3.45. The molecule has 1 aromatic rings. The minimum absolute atomic E-state index is 0.0543. The molecule has 2 nitrogen and oxygen atoms in total. The highest BCUT2D eigenvalue weighted by Crippen LogP contribution is 2.36. The first-order valence-corrected chi connectivity index (χ1v) is 7.76. The van der Waals surface area contributed by atoms with Crippen LogP contribution < -0.4 is 0 Å². The molecule has 0 amide bonds. The summed E-state index contributed by atoms with van der Waals surface area (Å²) in [4.78, 5) is 0. The second-order valence-electron chi connectivity index (χ2n) is 6.72. The second kappa shape index (κ2) is 5.78. The smallest absolute Gasteiger partial charge is 0.161 e. The lowest BCUT2D eigenvalue weighted by atomic mass is 9.76. The van der Waals surface area contributed by atoms with E-state index in [4.69, 9.17) is 9.47 Å². The zero-order chi connectivity index (χ0) is 14.9. The monoisotopic (exact) mass is 284 g/mol. The summed E-state index contributed by atoms with van der Waals surface area (Å²) in [5.41, 5.74) is 5.76. The van der Waals surface area contributed by atoms with Crippen LogP contribution in [0.2, 0.25) is 0 Å². The summed E-state index contributed by atoms with van der Waals surface area (Å²) in [5, 5.41) is 0. The molecule has 3 rings (SSSR count). The van der Waals surface area contributed by atoms with Gasteiger partial charge < -0.3 is 9.47 Å². The lowest BCUT2D eigenvalue weighted by molar-refractivity contribution is -0.0379. The zero-order valence-corrected chi connectivity index (χ0v) is 13.2. The van der Waals surface area contributed by atoms with Crippen LogP contribution in [0.15, 0.2) is 30.4 Å². The van der Waals surface area contributed by atoms with Crippen molar-refractivity contribution < 1.29 is 9.47 Å². The molecule has 2 heteroatoms. The Morgan fingerprint density at radius 3 is 2.76 bits per heavy atom. The van der Waals surface area contributed by atoms with Crippen LogP contribution in [0.3, 0.4) is 0 Å². The molecule has 1 aliphatic carbocycles. The largest absolute Gasteiger partial charge is 0.350 e. The molecule has 21 heavy (non-hydrogen) atoms. The van der Waals surface area contributed by atoms with E-state index >= 15 is 0 Å². The van der Waals surface area contributed by atoms with Gasteiger partial charge in [-0.2, -0.15) is 0 Å². The summed E-state index contributed by atoms with van der Waals surface area (Å²) in [5.74, 6) is 0. The fraction of sp³-hybridized carbons (Fsp3) is 0.474. The average molecular weight is 284 g/mol. The number of allylic oxidation sites excluding steroid dienone is 2. The highest BCUT2D eigenvalue weighted by molar-refractivity contribution is 5.72. The van der Waals surface area contributed by atoms with Crippen molar-refractivity contribution >= 4 is 11.6 Å². The maximum Gasteiger partial charge on any atom is 0.161 e. The first-order valence-electron chi connectivity index (χ1n) is 7.76. The van der Waals surface area contributed by atoms with Crippen molar-refractivity contribution in [2.24, 2.45) is 5.41 Å². The maximum atomic E-state index is 5.44. The molecule has 0 radical (unpaired) electrons. The van der Waals surface area contributed by atoms with Gasteiger partial charge in [-0.15, -0.1) is 0 Å². The Morgan fingerprint density at radius 1 is 1.24 bits per heavy atom. The maximum absolute atomic E-state index is 5.44. The van der Waals surface area contributed by atoms with Crippen molar-refractivity contribution in [1.29, 1.82) is 0 Å². The number of hydrogen-bond acceptors (Lipinski definition) is 2. The van der Waals surface area contributed by atoms with Crippen LogP contribution >= 0.6 is 0 Å². The van der Waals surface area contributed by atoms with E-state index < -0.39 is 0 Å². The minimum Gasteiger partial charge on any atom is -0.350 e. The number of benzene rings is 1. The molecule has 112 valence electrons. The quantitative estimate of drug-likeness (QED) is 0.816. The third-order valence-electron chi connectivity index (χ3n) is 4.14. The molecular weight excluding hydrogens is 260 g/mol. The normalized spacial score (nSPS) is 21.6. The van der Waals surface area contributed by atoms with Gasteiger partial charge in [0.05, 0.1) is 13.2 Å². The summed E-state index contributed by atoms with van der Waals surface area (Å²) < 4.78 is 10.9. The topological polar surface area (TPSA) is 18.5 Å². The Bertz CT molecular complexity index is 575. The van der Waals surface area contributed by atoms with Crippen molar-refractivity contribution in [3.8, 4) is 0 Å². The van der Waals surface area contributed by atoms with E-state index in [9.17, 15) is 0 Å². The van der Waals surface area contributed by atoms with Gasteiger partial charge in [0.1, 0.15) is 0 Å². The van der Waals surface area contributed by atoms with Crippen LogP contribution in [0.4, 0.5) is 0 Å². The number of hydrogen-bond donors (Lipinski definition) is 0. The van der Waals surface area contributed by atoms with E-state index in [1.807, 2.05) is 0 Å². The molecule has 0 aromatic heterocycles. The summed E-state index contributed by atoms with van der Waals surface area (Å²) >= 11 is 0. The first-order chi connectivity index (χ1) is 10.0. The molecule has 1 fully saturated rings. The van der Waals surface area contributed by atoms with E-state index in [-0.39, 0.29) is 11.7 Å². The van der Waals surface area contributed by atoms with Gasteiger partial charge in [-0.1, -0.05) is 44.2 Å². The van der Waals surface area contributed by atoms with Crippen molar-refractivity contribution in [2.75, 3.05) is 13.2 Å². The molecule has 1 aliphatic heterocycles. The van der Waals surface area contributed by atoms with Crippen molar-refractivity contribution in [1.82, 2.24) is 0 Å². The van der Waals surface area contributed by atoms with Gasteiger partial charge in [0.25, 0.3) is 0 Å². The predicted molar refractivity (Wildman–Crippen MR) is 86.9 cm³/mol. The van der Waals surface area contributed by atoms with Crippen LogP contribution in [0.5, 0.6) is 0 Å². The summed E-state index contributed by atoms with van der Waals surface area (Å²) in [6.07, 6.45) is 8.58. The lowest BCUT2D eigenvalue weighted by Crippen LogP contribution is -2.17. The van der Waals surface area contributed by atoms with Gasteiger partial charge in [-0.3, -0.25) is 0 Å². The number of fused-ring (bicyclic) bond motifs is 1. The van der Waals surface area contributed by atoms with E-state index in [2.05, 4.69) is 57.2 Å². The number of ether oxygens (including phenoxy) is 2. The molecule has 1 heterocycles. The van der Waals surface area contributed by atoms with Gasteiger partial charge in [0.15, 0.2) is 6.29 Å². The molecule has 0 unspecified atom stereocenters. The summed E-state index contributed by atoms with van der Waals surface area (Å²) in [7, 11) is 0. The Kier molecular flexibility index (Phi) is 4.01. The molecule has 0 saturated carbocycles. The second-order valence-corrected chi connectivity index (χ2v) is 6.72.